The van der Waals surface area contributed by atoms with Crippen LogP contribution in [0.4, 0.5) is 0 Å². The molecule has 4 rings (SSSR count). The molecule has 0 radical (unpaired) electrons. The van der Waals surface area contributed by atoms with Crippen molar-refractivity contribution in [1.29, 1.82) is 0 Å². The number of amides is 2. The van der Waals surface area contributed by atoms with Gasteiger partial charge < -0.3 is 24.0 Å². The van der Waals surface area contributed by atoms with Crippen molar-refractivity contribution >= 4 is 35.0 Å². The first-order chi connectivity index (χ1) is 15.9. The first-order valence-corrected chi connectivity index (χ1v) is 11.6. The predicted octanol–water partition coefficient (Wildman–Crippen LogP) is 3.53. The highest BCUT2D eigenvalue weighted by atomic mass is 35.5. The minimum Gasteiger partial charge on any atom is -0.490 e. The first kappa shape index (κ1) is 23.8. The Hall–Kier alpha value is -2.32. The smallest absolute Gasteiger partial charge is 0.254 e. The molecular formula is C24H26Cl2N2O5. The highest BCUT2D eigenvalue weighted by Crippen LogP contribution is 2.27. The van der Waals surface area contributed by atoms with Crippen LogP contribution in [-0.2, 0) is 14.3 Å². The lowest BCUT2D eigenvalue weighted by atomic mass is 9.96. The molecule has 2 aromatic carbocycles. The molecule has 2 heterocycles. The van der Waals surface area contributed by atoms with Crippen LogP contribution in [0.2, 0.25) is 10.0 Å². The van der Waals surface area contributed by atoms with Gasteiger partial charge in [-0.2, -0.15) is 0 Å². The number of morpholine rings is 2. The highest BCUT2D eigenvalue weighted by molar-refractivity contribution is 6.31. The zero-order valence-electron chi connectivity index (χ0n) is 18.2. The van der Waals surface area contributed by atoms with Crippen LogP contribution in [0.25, 0.3) is 0 Å². The molecule has 0 unspecified atom stereocenters. The fourth-order valence-electron chi connectivity index (χ4n) is 4.01. The molecule has 2 amide bonds. The number of halogens is 2. The number of carbonyl (C=O) groups is 2. The summed E-state index contributed by atoms with van der Waals surface area (Å²) in [6.45, 7) is 3.16. The minimum atomic E-state index is -0.988. The van der Waals surface area contributed by atoms with Crippen LogP contribution < -0.4 is 4.74 Å². The summed E-state index contributed by atoms with van der Waals surface area (Å²) in [7, 11) is 0. The van der Waals surface area contributed by atoms with Crippen LogP contribution in [0.1, 0.15) is 16.8 Å². The van der Waals surface area contributed by atoms with Gasteiger partial charge in [-0.3, -0.25) is 9.59 Å². The minimum absolute atomic E-state index is 0.0474. The second-order valence-corrected chi connectivity index (χ2v) is 9.05. The van der Waals surface area contributed by atoms with E-state index in [0.29, 0.717) is 60.8 Å². The van der Waals surface area contributed by atoms with E-state index in [0.717, 1.165) is 0 Å². The molecule has 2 fully saturated rings. The van der Waals surface area contributed by atoms with Crippen molar-refractivity contribution in [2.75, 3.05) is 52.6 Å². The van der Waals surface area contributed by atoms with E-state index in [1.54, 1.807) is 58.3 Å². The molecule has 2 aromatic rings. The maximum Gasteiger partial charge on any atom is 0.254 e. The van der Waals surface area contributed by atoms with E-state index in [9.17, 15) is 9.59 Å². The van der Waals surface area contributed by atoms with E-state index >= 15 is 0 Å². The van der Waals surface area contributed by atoms with Gasteiger partial charge in [0.25, 0.3) is 5.91 Å². The number of benzene rings is 2. The fraction of sp³-hybridized carbons (Fsp3) is 0.417. The van der Waals surface area contributed by atoms with Gasteiger partial charge >= 0.3 is 0 Å². The largest absolute Gasteiger partial charge is 0.490 e. The van der Waals surface area contributed by atoms with Crippen LogP contribution in [-0.4, -0.2) is 79.8 Å². The molecule has 176 valence electrons. The quantitative estimate of drug-likeness (QED) is 0.616. The van der Waals surface area contributed by atoms with Crippen LogP contribution in [0.5, 0.6) is 5.75 Å². The van der Waals surface area contributed by atoms with E-state index in [4.69, 9.17) is 37.4 Å². The Bertz CT molecular complexity index is 981. The highest BCUT2D eigenvalue weighted by Gasteiger charge is 2.42. The van der Waals surface area contributed by atoms with Gasteiger partial charge in [0.05, 0.1) is 32.8 Å². The third-order valence-corrected chi connectivity index (χ3v) is 6.25. The Morgan fingerprint density at radius 3 is 2.39 bits per heavy atom. The number of carbonyl (C=O) groups excluding carboxylic acids is 2. The third-order valence-electron chi connectivity index (χ3n) is 5.76. The molecule has 0 saturated carbocycles. The molecule has 1 atom stereocenters. The summed E-state index contributed by atoms with van der Waals surface area (Å²) in [6, 6.07) is 13.8. The molecular weight excluding hydrogens is 467 g/mol. The lowest BCUT2D eigenvalue weighted by Crippen LogP contribution is -2.58. The Balaban J connectivity index is 1.53. The number of rotatable bonds is 6. The van der Waals surface area contributed by atoms with Gasteiger partial charge in [0.15, 0.2) is 0 Å². The first-order valence-electron chi connectivity index (χ1n) is 10.9. The van der Waals surface area contributed by atoms with Gasteiger partial charge in [0, 0.05) is 35.2 Å². The van der Waals surface area contributed by atoms with Gasteiger partial charge in [-0.25, -0.2) is 0 Å². The maximum atomic E-state index is 13.2. The molecule has 2 aliphatic heterocycles. The van der Waals surface area contributed by atoms with Crippen LogP contribution in [0, 0.1) is 0 Å². The van der Waals surface area contributed by atoms with Crippen LogP contribution in [0.3, 0.4) is 0 Å². The lowest BCUT2D eigenvalue weighted by molar-refractivity contribution is -0.155. The van der Waals surface area contributed by atoms with E-state index in [1.165, 1.54) is 0 Å². The number of hydrogen-bond acceptors (Lipinski definition) is 5. The van der Waals surface area contributed by atoms with Gasteiger partial charge in [-0.1, -0.05) is 29.3 Å². The van der Waals surface area contributed by atoms with Crippen molar-refractivity contribution < 1.29 is 23.8 Å². The van der Waals surface area contributed by atoms with Crippen molar-refractivity contribution in [3.05, 3.63) is 64.1 Å². The molecule has 2 aliphatic rings. The van der Waals surface area contributed by atoms with Crippen LogP contribution in [0.15, 0.2) is 48.5 Å². The summed E-state index contributed by atoms with van der Waals surface area (Å²) in [5.74, 6) is 0.389. The SMILES string of the molecule is O=C(C[C@@]1(COc2cccc(Cl)c2)CN(C(=O)c2ccc(Cl)cc2)CCO1)N1CCOCC1. The molecule has 0 aromatic heterocycles. The second-order valence-electron chi connectivity index (χ2n) is 8.18. The van der Waals surface area contributed by atoms with Gasteiger partial charge in [-0.05, 0) is 42.5 Å². The summed E-state index contributed by atoms with van der Waals surface area (Å²) < 4.78 is 17.5. The van der Waals surface area contributed by atoms with E-state index in [2.05, 4.69) is 0 Å². The number of ether oxygens (including phenoxy) is 3. The Morgan fingerprint density at radius 1 is 0.939 bits per heavy atom. The third kappa shape index (κ3) is 6.18. The van der Waals surface area contributed by atoms with Gasteiger partial charge in [-0.15, -0.1) is 0 Å². The summed E-state index contributed by atoms with van der Waals surface area (Å²) in [4.78, 5) is 29.8. The average Bonchev–Trinajstić information content (AvgIpc) is 2.84. The summed E-state index contributed by atoms with van der Waals surface area (Å²) in [5, 5.41) is 1.11. The van der Waals surface area contributed by atoms with Crippen molar-refractivity contribution in [2.24, 2.45) is 0 Å². The average molecular weight is 493 g/mol. The van der Waals surface area contributed by atoms with E-state index in [1.807, 2.05) is 0 Å². The van der Waals surface area contributed by atoms with E-state index in [-0.39, 0.29) is 31.4 Å². The Morgan fingerprint density at radius 2 is 1.67 bits per heavy atom. The summed E-state index contributed by atoms with van der Waals surface area (Å²) in [5.41, 5.74) is -0.455. The fourth-order valence-corrected chi connectivity index (χ4v) is 4.32. The Labute approximate surface area is 203 Å². The number of hydrogen-bond donors (Lipinski definition) is 0. The van der Waals surface area contributed by atoms with Crippen molar-refractivity contribution in [3.63, 3.8) is 0 Å². The summed E-state index contributed by atoms with van der Waals surface area (Å²) >= 11 is 12.1. The monoisotopic (exact) mass is 492 g/mol. The zero-order chi connectivity index (χ0) is 23.3. The maximum absolute atomic E-state index is 13.2. The predicted molar refractivity (Wildman–Crippen MR) is 125 cm³/mol. The standard InChI is InChI=1S/C24H26Cl2N2O5/c25-19-6-4-18(5-7-19)23(30)28-10-13-33-24(16-28,15-22(29)27-8-11-31-12-9-27)17-32-21-3-1-2-20(26)14-21/h1-7,14H,8-13,15-17H2/t24-/m0/s1. The molecule has 33 heavy (non-hydrogen) atoms. The van der Waals surface area contributed by atoms with E-state index < -0.39 is 5.60 Å². The van der Waals surface area contributed by atoms with Crippen LogP contribution >= 0.6 is 23.2 Å². The lowest BCUT2D eigenvalue weighted by Gasteiger charge is -2.43. The van der Waals surface area contributed by atoms with Crippen molar-refractivity contribution in [1.82, 2.24) is 9.80 Å². The zero-order valence-corrected chi connectivity index (χ0v) is 19.7. The van der Waals surface area contributed by atoms with Gasteiger partial charge in [0.2, 0.25) is 5.91 Å². The van der Waals surface area contributed by atoms with Crippen molar-refractivity contribution in [2.45, 2.75) is 12.0 Å². The number of nitrogens with zero attached hydrogens (tertiary/aromatic N) is 2. The topological polar surface area (TPSA) is 68.3 Å². The molecule has 7 nitrogen and oxygen atoms in total. The summed E-state index contributed by atoms with van der Waals surface area (Å²) in [6.07, 6.45) is 0.0952. The van der Waals surface area contributed by atoms with Gasteiger partial charge in [0.1, 0.15) is 18.0 Å². The second kappa shape index (κ2) is 10.7. The normalized spacial score (nSPS) is 21.0. The molecule has 0 aliphatic carbocycles. The molecule has 0 spiro atoms. The molecule has 9 heteroatoms. The Kier molecular flexibility index (Phi) is 7.75. The molecule has 0 N–H and O–H groups in total. The van der Waals surface area contributed by atoms with Crippen molar-refractivity contribution in [3.8, 4) is 5.75 Å². The molecule has 2 saturated heterocycles. The molecule has 0 bridgehead atoms.